The monoisotopic (exact) mass is 295 g/mol. The number of hydrogen-bond acceptors (Lipinski definition) is 6. The Morgan fingerprint density at radius 3 is 0.500 bits per heavy atom. The molecule has 105 valence electrons. The first-order valence-corrected chi connectivity index (χ1v) is 1.41. The van der Waals surface area contributed by atoms with Crippen LogP contribution in [0.15, 0.2) is 0 Å². The Morgan fingerprint density at radius 1 is 0.500 bits per heavy atom. The van der Waals surface area contributed by atoms with E-state index in [0.717, 1.165) is 0 Å². The minimum atomic E-state index is -0.500. The number of hydrogen-bond donors (Lipinski definition) is 0. The standard InChI is InChI=1S/3CH2O2.Cr.6H2O/c3*2-1-3;;;;;;;/h3*1H,(H,2,3);;6*1H2/q;;;+3;;;;;;/p-3. The molecule has 0 aromatic heterocycles. The van der Waals surface area contributed by atoms with E-state index in [1.807, 2.05) is 0 Å². The topological polar surface area (TPSA) is 309 Å². The summed E-state index contributed by atoms with van der Waals surface area (Å²) in [5.41, 5.74) is 0. The summed E-state index contributed by atoms with van der Waals surface area (Å²) in [7, 11) is 0. The largest absolute Gasteiger partial charge is 3.00 e. The summed E-state index contributed by atoms with van der Waals surface area (Å²) in [6.45, 7) is -1.50. The van der Waals surface area contributed by atoms with E-state index in [1.165, 1.54) is 0 Å². The molecule has 0 heterocycles. The fourth-order valence-corrected chi connectivity index (χ4v) is 0. The molecule has 12 N–H and O–H groups in total. The van der Waals surface area contributed by atoms with Crippen LogP contribution in [0.1, 0.15) is 0 Å². The maximum atomic E-state index is 8.25. The van der Waals surface area contributed by atoms with Gasteiger partial charge in [-0.3, -0.25) is 0 Å². The minimum absolute atomic E-state index is 0. The number of carboxylic acid groups (broad SMARTS) is 3. The first-order chi connectivity index (χ1) is 4.24. The third kappa shape index (κ3) is 1030. The van der Waals surface area contributed by atoms with E-state index in [9.17, 15) is 0 Å². The second kappa shape index (κ2) is 763. The summed E-state index contributed by atoms with van der Waals surface area (Å²) in [4.78, 5) is 24.8. The van der Waals surface area contributed by atoms with E-state index in [1.54, 1.807) is 0 Å². The van der Waals surface area contributed by atoms with Gasteiger partial charge in [-0.15, -0.1) is 0 Å². The number of rotatable bonds is 0. The van der Waals surface area contributed by atoms with Gasteiger partial charge in [0.05, 0.1) is 0 Å². The van der Waals surface area contributed by atoms with Crippen LogP contribution in [0, 0.1) is 0 Å². The van der Waals surface area contributed by atoms with Gasteiger partial charge in [0.15, 0.2) is 0 Å². The van der Waals surface area contributed by atoms with Gasteiger partial charge in [0.1, 0.15) is 0 Å². The Hall–Kier alpha value is -1.30. The average Bonchev–Trinajstić information content (AvgIpc) is 1.70. The third-order valence-corrected chi connectivity index (χ3v) is 0. The van der Waals surface area contributed by atoms with Gasteiger partial charge in [-0.25, -0.2) is 0 Å². The van der Waals surface area contributed by atoms with Gasteiger partial charge < -0.3 is 62.6 Å². The van der Waals surface area contributed by atoms with Crippen LogP contribution in [0.25, 0.3) is 0 Å². The molecule has 13 heteroatoms. The van der Waals surface area contributed by atoms with Gasteiger partial charge in [0.25, 0.3) is 0 Å². The van der Waals surface area contributed by atoms with Crippen molar-refractivity contribution < 1.29 is 79.9 Å². The van der Waals surface area contributed by atoms with Crippen molar-refractivity contribution in [2.24, 2.45) is 0 Å². The van der Waals surface area contributed by atoms with Gasteiger partial charge in [-0.05, 0) is 0 Å². The Balaban J connectivity index is -0.00000000346. The van der Waals surface area contributed by atoms with Crippen molar-refractivity contribution in [3.63, 3.8) is 0 Å². The van der Waals surface area contributed by atoms with Crippen molar-refractivity contribution in [1.29, 1.82) is 0 Å². The molecule has 16 heavy (non-hydrogen) atoms. The summed E-state index contributed by atoms with van der Waals surface area (Å²) in [6, 6.07) is 0. The maximum Gasteiger partial charge on any atom is 3.00 e. The molecule has 0 atom stereocenters. The van der Waals surface area contributed by atoms with Crippen LogP contribution >= 0.6 is 0 Å². The molecule has 0 fully saturated rings. The quantitative estimate of drug-likeness (QED) is 0.389. The van der Waals surface area contributed by atoms with Crippen LogP contribution in [-0.2, 0) is 31.7 Å². The van der Waals surface area contributed by atoms with E-state index in [2.05, 4.69) is 0 Å². The van der Waals surface area contributed by atoms with Gasteiger partial charge in [-0.1, -0.05) is 0 Å². The molecule has 0 aromatic carbocycles. The molecule has 0 aromatic rings. The predicted molar refractivity (Wildman–Crippen MR) is 39.9 cm³/mol. The molecule has 1 radical (unpaired) electrons. The smallest absolute Gasteiger partial charge is 0.554 e. The average molecular weight is 295 g/mol. The SMILES string of the molecule is O.O.O.O.O.O.O=C[O-].O=C[O-].O=C[O-].[Cr+3]. The van der Waals surface area contributed by atoms with Crippen LogP contribution in [0.4, 0.5) is 0 Å². The summed E-state index contributed by atoms with van der Waals surface area (Å²) in [6.07, 6.45) is 0. The fraction of sp³-hybridized carbons (Fsp3) is 0. The van der Waals surface area contributed by atoms with Crippen molar-refractivity contribution in [3.8, 4) is 0 Å². The molecular weight excluding hydrogens is 280 g/mol. The Labute approximate surface area is 100 Å². The second-order valence-corrected chi connectivity index (χ2v) is 0.289. The van der Waals surface area contributed by atoms with Crippen molar-refractivity contribution >= 4 is 19.4 Å². The summed E-state index contributed by atoms with van der Waals surface area (Å²) in [5, 5.41) is 24.8. The van der Waals surface area contributed by atoms with E-state index >= 15 is 0 Å². The van der Waals surface area contributed by atoms with E-state index in [0.29, 0.717) is 0 Å². The number of carbonyl (C=O) groups is 3. The molecule has 0 rings (SSSR count). The fourth-order valence-electron chi connectivity index (χ4n) is 0. The molecule has 0 saturated carbocycles. The van der Waals surface area contributed by atoms with Crippen molar-refractivity contribution in [2.75, 3.05) is 0 Å². The summed E-state index contributed by atoms with van der Waals surface area (Å²) in [5.74, 6) is 0. The molecule has 0 aliphatic heterocycles. The molecule has 0 saturated heterocycles. The first kappa shape index (κ1) is 125. The van der Waals surface area contributed by atoms with Gasteiger partial charge in [0.2, 0.25) is 0 Å². The molecule has 0 unspecified atom stereocenters. The zero-order valence-corrected chi connectivity index (χ0v) is 8.86. The Bertz CT molecular complexity index is 53.0. The van der Waals surface area contributed by atoms with Crippen LogP contribution in [-0.4, -0.2) is 52.3 Å². The molecule has 12 nitrogen and oxygen atoms in total. The van der Waals surface area contributed by atoms with Crippen LogP contribution in [0.3, 0.4) is 0 Å². The molecule has 0 spiro atoms. The molecule has 0 aliphatic rings. The molecule has 0 amide bonds. The van der Waals surface area contributed by atoms with Crippen molar-refractivity contribution in [1.82, 2.24) is 0 Å². The van der Waals surface area contributed by atoms with Crippen LogP contribution < -0.4 is 15.3 Å². The summed E-state index contributed by atoms with van der Waals surface area (Å²) >= 11 is 0. The van der Waals surface area contributed by atoms with E-state index in [-0.39, 0.29) is 50.2 Å². The normalized spacial score (nSPS) is 2.25. The summed E-state index contributed by atoms with van der Waals surface area (Å²) < 4.78 is 0. The van der Waals surface area contributed by atoms with Crippen LogP contribution in [0.2, 0.25) is 0 Å². The predicted octanol–water partition coefficient (Wildman–Crippen LogP) is -9.85. The molecular formula is C3H15CrO12. The zero-order chi connectivity index (χ0) is 8.12. The zero-order valence-electron chi connectivity index (χ0n) is 7.59. The minimum Gasteiger partial charge on any atom is -0.554 e. The first-order valence-electron chi connectivity index (χ1n) is 1.41. The van der Waals surface area contributed by atoms with Crippen molar-refractivity contribution in [2.45, 2.75) is 0 Å². The maximum absolute atomic E-state index is 8.25. The molecule has 0 bridgehead atoms. The van der Waals surface area contributed by atoms with Gasteiger partial charge in [0, 0.05) is 19.4 Å². The van der Waals surface area contributed by atoms with Gasteiger partial charge >= 0.3 is 17.4 Å². The second-order valence-electron chi connectivity index (χ2n) is 0.289. The van der Waals surface area contributed by atoms with E-state index in [4.69, 9.17) is 29.7 Å². The van der Waals surface area contributed by atoms with Crippen LogP contribution in [0.5, 0.6) is 0 Å². The molecule has 0 aliphatic carbocycles. The van der Waals surface area contributed by atoms with E-state index < -0.39 is 19.4 Å². The van der Waals surface area contributed by atoms with Crippen molar-refractivity contribution in [3.05, 3.63) is 0 Å². The van der Waals surface area contributed by atoms with Gasteiger partial charge in [-0.2, -0.15) is 0 Å². The number of carbonyl (C=O) groups excluding carboxylic acids is 3. The Morgan fingerprint density at radius 2 is 0.500 bits per heavy atom. The third-order valence-electron chi connectivity index (χ3n) is 0. The Kier molecular flexibility index (Phi) is 5950.